The van der Waals surface area contributed by atoms with E-state index in [-0.39, 0.29) is 63.2 Å². The van der Waals surface area contributed by atoms with Crippen LogP contribution in [-0.4, -0.2) is 96.6 Å². The Labute approximate surface area is 883 Å². The van der Waals surface area contributed by atoms with Gasteiger partial charge >= 0.3 is 63.2 Å². The molecule has 0 aliphatic rings. The van der Waals surface area contributed by atoms with E-state index in [1.54, 1.807) is 31.0 Å². The van der Waals surface area contributed by atoms with Crippen LogP contribution < -0.4 is 14.2 Å². The number of hydrogen-bond acceptors (Lipinski definition) is 14. The number of hydrogen-bond donors (Lipinski definition) is 0. The molecule has 0 radical (unpaired) electrons. The van der Waals surface area contributed by atoms with E-state index in [0.29, 0.717) is 51.6 Å². The number of pyridine rings is 3. The van der Waals surface area contributed by atoms with Crippen molar-refractivity contribution in [1.82, 2.24) is 96.6 Å². The van der Waals surface area contributed by atoms with Crippen molar-refractivity contribution in [1.29, 1.82) is 0 Å². The van der Waals surface area contributed by atoms with E-state index in [1.807, 2.05) is 266 Å². The van der Waals surface area contributed by atoms with Crippen LogP contribution in [0.4, 0.5) is 0 Å². The predicted molar refractivity (Wildman–Crippen MR) is 562 cm³/mol. The average Bonchev–Trinajstić information content (AvgIpc) is 1.59. The molecule has 146 heavy (non-hydrogen) atoms. The van der Waals surface area contributed by atoms with Crippen molar-refractivity contribution in [2.75, 3.05) is 0 Å². The van der Waals surface area contributed by atoms with E-state index in [0.717, 1.165) is 207 Å². The van der Waals surface area contributed by atoms with Crippen LogP contribution in [0.25, 0.3) is 190 Å². The van der Waals surface area contributed by atoms with Gasteiger partial charge in [0.1, 0.15) is 17.5 Å². The Hall–Kier alpha value is -17.0. The Morgan fingerprint density at radius 2 is 0.610 bits per heavy atom. The molecular formula is C120H86N20O3Pt3. The van der Waals surface area contributed by atoms with Crippen molar-refractivity contribution in [2.45, 2.75) is 41.5 Å². The van der Waals surface area contributed by atoms with Crippen molar-refractivity contribution in [3.05, 3.63) is 429 Å². The first-order chi connectivity index (χ1) is 70.1. The molecule has 13 heterocycles. The largest absolute Gasteiger partial charge is 2.00 e. The molecule has 0 fully saturated rings. The number of ether oxygens (including phenoxy) is 3. The summed E-state index contributed by atoms with van der Waals surface area (Å²) in [5.41, 5.74) is 26.2. The minimum Gasteiger partial charge on any atom is -0.503 e. The summed E-state index contributed by atoms with van der Waals surface area (Å²) < 4.78 is 38.2. The van der Waals surface area contributed by atoms with E-state index in [4.69, 9.17) is 39.5 Å². The second-order valence-electron chi connectivity index (χ2n) is 35.0. The summed E-state index contributed by atoms with van der Waals surface area (Å²) in [6, 6.07) is 127. The number of imidazole rings is 3. The first kappa shape index (κ1) is 95.2. The van der Waals surface area contributed by atoms with Crippen molar-refractivity contribution >= 4 is 87.7 Å². The van der Waals surface area contributed by atoms with Crippen molar-refractivity contribution < 1.29 is 77.4 Å². The van der Waals surface area contributed by atoms with Crippen molar-refractivity contribution in [2.24, 2.45) is 21.1 Å². The zero-order valence-electron chi connectivity index (χ0n) is 80.2. The van der Waals surface area contributed by atoms with E-state index < -0.39 is 0 Å². The first-order valence-corrected chi connectivity index (χ1v) is 46.9. The molecule has 26 aromatic rings. The van der Waals surface area contributed by atoms with Crippen molar-refractivity contribution in [3.8, 4) is 137 Å². The van der Waals surface area contributed by atoms with Gasteiger partial charge < -0.3 is 41.6 Å². The van der Waals surface area contributed by atoms with Gasteiger partial charge in [-0.3, -0.25) is 15.0 Å². The summed E-state index contributed by atoms with van der Waals surface area (Å²) in [6.45, 7) is 12.4. The molecule has 23 nitrogen and oxygen atoms in total. The molecule has 0 aliphatic carbocycles. The third kappa shape index (κ3) is 17.6. The Morgan fingerprint density at radius 3 is 0.966 bits per heavy atom. The number of aromatic nitrogens is 20. The molecule has 0 amide bonds. The van der Waals surface area contributed by atoms with E-state index in [2.05, 4.69) is 233 Å². The van der Waals surface area contributed by atoms with Gasteiger partial charge in [0.2, 0.25) is 0 Å². The molecule has 0 aliphatic heterocycles. The van der Waals surface area contributed by atoms with Crippen LogP contribution in [-0.2, 0) is 84.3 Å². The van der Waals surface area contributed by atoms with Gasteiger partial charge in [-0.1, -0.05) is 209 Å². The molecule has 0 unspecified atom stereocenters. The molecule has 13 aromatic heterocycles. The molecule has 0 atom stereocenters. The SMILES string of the molecule is Cc1nn(-c2ccccc2)c(C)c1-c1cc(Oc2[c-]c3c(cc2)c2ccccc2n3-c2ccccn2)[c-]c(-c2nc3ccccc3n2C)c1.Cc1nn(-c2ccccc2)c(C)c1-c1cc(Oc2[c-]c3c(cc2)c2ccccc2n3-c2ccccn2)[c-]c(-c2nc3nccnc3n2C)c1.Cc1nn(-c2ccccc2)c(C)c1-c1cc(Oc2[c-]c3c(cc2)c2ccccc2n3-c2ccccn2)[c-]c(-c2nccn2C)c1.[Pt+2].[Pt+2].[Pt+2]. The van der Waals surface area contributed by atoms with E-state index >= 15 is 0 Å². The molecule has 0 saturated heterocycles. The molecule has 26 heteroatoms. The van der Waals surface area contributed by atoms with Gasteiger partial charge in [-0.05, 0) is 161 Å². The fourth-order valence-electron chi connectivity index (χ4n) is 19.7. The van der Waals surface area contributed by atoms with Crippen LogP contribution in [0.2, 0.25) is 0 Å². The molecule has 26 rings (SSSR count). The molecule has 0 bridgehead atoms. The molecular weight excluding hydrogens is 2350 g/mol. The zero-order valence-corrected chi connectivity index (χ0v) is 87.0. The normalized spacial score (nSPS) is 11.3. The number of benzene rings is 13. The summed E-state index contributed by atoms with van der Waals surface area (Å²) in [6.07, 6.45) is 12.5. The molecule has 714 valence electrons. The third-order valence-corrected chi connectivity index (χ3v) is 26.1. The Bertz CT molecular complexity index is 9020. The Kier molecular flexibility index (Phi) is 26.1. The molecule has 0 saturated carbocycles. The summed E-state index contributed by atoms with van der Waals surface area (Å²) in [5.74, 6) is 8.06. The molecule has 0 spiro atoms. The average molecular weight is 2440 g/mol. The third-order valence-electron chi connectivity index (χ3n) is 26.1. The topological polar surface area (TPSA) is 214 Å². The Morgan fingerprint density at radius 1 is 0.267 bits per heavy atom. The Balaban J connectivity index is 0.000000128. The summed E-state index contributed by atoms with van der Waals surface area (Å²) in [5, 5.41) is 21.4. The van der Waals surface area contributed by atoms with Gasteiger partial charge in [0.25, 0.3) is 0 Å². The van der Waals surface area contributed by atoms with Crippen molar-refractivity contribution in [3.63, 3.8) is 0 Å². The van der Waals surface area contributed by atoms with E-state index in [9.17, 15) is 0 Å². The minimum absolute atomic E-state index is 0. The number of fused-ring (bicyclic) bond motifs is 11. The van der Waals surface area contributed by atoms with Gasteiger partial charge in [-0.15, -0.1) is 87.4 Å². The molecule has 13 aromatic carbocycles. The summed E-state index contributed by atoms with van der Waals surface area (Å²) >= 11 is 0. The number of rotatable bonds is 18. The fraction of sp³-hybridized carbons (Fsp3) is 0.0750. The maximum Gasteiger partial charge on any atom is 2.00 e. The summed E-state index contributed by atoms with van der Waals surface area (Å²) in [7, 11) is 5.95. The number of aryl methyl sites for hydroxylation is 6. The smallest absolute Gasteiger partial charge is 0.503 e. The van der Waals surface area contributed by atoms with Crippen LogP contribution >= 0.6 is 0 Å². The van der Waals surface area contributed by atoms with Crippen LogP contribution in [0.15, 0.2) is 359 Å². The van der Waals surface area contributed by atoms with Crippen LogP contribution in [0.1, 0.15) is 34.2 Å². The van der Waals surface area contributed by atoms with Gasteiger partial charge in [-0.2, -0.15) is 33.5 Å². The van der Waals surface area contributed by atoms with Gasteiger partial charge in [0, 0.05) is 149 Å². The van der Waals surface area contributed by atoms with Crippen LogP contribution in [0.3, 0.4) is 0 Å². The van der Waals surface area contributed by atoms with Crippen LogP contribution in [0.5, 0.6) is 34.5 Å². The zero-order chi connectivity index (χ0) is 96.6. The number of nitrogens with zero attached hydrogens (tertiary/aromatic N) is 20. The first-order valence-electron chi connectivity index (χ1n) is 46.9. The summed E-state index contributed by atoms with van der Waals surface area (Å²) in [4.78, 5) is 37.4. The van der Waals surface area contributed by atoms with Gasteiger partial charge in [-0.25, -0.2) is 39.0 Å². The monoisotopic (exact) mass is 2440 g/mol. The van der Waals surface area contributed by atoms with E-state index in [1.165, 1.54) is 0 Å². The minimum atomic E-state index is 0. The van der Waals surface area contributed by atoms with Gasteiger partial charge in [0.15, 0.2) is 11.3 Å². The molecule has 0 N–H and O–H groups in total. The predicted octanol–water partition coefficient (Wildman–Crippen LogP) is 26.4. The quantitative estimate of drug-likeness (QED) is 0.0731. The second kappa shape index (κ2) is 40.1. The van der Waals surface area contributed by atoms with Gasteiger partial charge in [0.05, 0.1) is 62.7 Å². The standard InChI is InChI=1S/C42H30N6O.C40H28N8O.C38H28N6O.3Pt/c1-27-41(28(2)48(45-27)31-13-5-4-6-14-31)29-23-30(42-44-36-16-8-10-18-38(36)46(42)3)25-33(24-29)49-32-20-21-35-34-15-7-9-17-37(34)47(39(35)26-32)40-19-11-12-22-43-40;1-25-37(26(2)48(45-25)29-11-5-4-6-12-29)27-21-28(39-44-38-40(46(39)3)43-20-19-42-38)23-31(22-27)49-30-16-17-33-32-13-7-8-14-34(32)47(35(33)24-30)36-15-9-10-18-41-36;1-25-37(26(2)44(41-25)29-11-5-4-6-12-29)27-21-28(38-40-19-20-42(38)3)23-31(22-27)45-30-16-17-33-32-13-7-8-14-34(32)43(35(33)24-30)36-15-9-10-18-39-36;;;/h4-24H,1-3H3;4-22H,1-3H3;4-22H,1-3H3;;;/q3*-2;3*+2. The number of para-hydroxylation sites is 8. The van der Waals surface area contributed by atoms with Crippen LogP contribution in [0, 0.1) is 77.9 Å². The second-order valence-corrected chi connectivity index (χ2v) is 35.0. The fourth-order valence-corrected chi connectivity index (χ4v) is 19.7. The maximum atomic E-state index is 6.67. The maximum absolute atomic E-state index is 6.67.